The monoisotopic (exact) mass is 280 g/mol. The number of ether oxygens (including phenoxy) is 2. The smallest absolute Gasteiger partial charge is 0.256 e. The zero-order valence-corrected chi connectivity index (χ0v) is 12.2. The Morgan fingerprint density at radius 3 is 2.70 bits per heavy atom. The Morgan fingerprint density at radius 1 is 1.45 bits per heavy atom. The summed E-state index contributed by atoms with van der Waals surface area (Å²) in [7, 11) is 4.69. The van der Waals surface area contributed by atoms with Crippen molar-refractivity contribution in [2.45, 2.75) is 13.0 Å². The summed E-state index contributed by atoms with van der Waals surface area (Å²) in [5, 5.41) is 2.99. The molecule has 110 valence electrons. The molecule has 1 N–H and O–H groups in total. The van der Waals surface area contributed by atoms with Gasteiger partial charge in [0.05, 0.1) is 24.4 Å². The van der Waals surface area contributed by atoms with Crippen LogP contribution in [0, 0.1) is 0 Å². The van der Waals surface area contributed by atoms with Crippen LogP contribution in [0.25, 0.3) is 0 Å². The number of benzene rings is 1. The third-order valence-corrected chi connectivity index (χ3v) is 2.99. The quantitative estimate of drug-likeness (QED) is 0.603. The zero-order valence-electron chi connectivity index (χ0n) is 12.2. The largest absolute Gasteiger partial charge is 0.497 e. The highest BCUT2D eigenvalue weighted by atomic mass is 16.5. The number of methoxy groups -OCH3 is 2. The van der Waals surface area contributed by atoms with Crippen molar-refractivity contribution < 1.29 is 19.1 Å². The molecule has 0 radical (unpaired) electrons. The Hall–Kier alpha value is -2.08. The maximum atomic E-state index is 12.4. The molecule has 0 aliphatic heterocycles. The lowest BCUT2D eigenvalue weighted by Crippen LogP contribution is -2.36. The number of amides is 1. The van der Waals surface area contributed by atoms with Crippen LogP contribution in [0.3, 0.4) is 0 Å². The fourth-order valence-electron chi connectivity index (χ4n) is 1.60. The number of nitrogens with zero attached hydrogens (tertiary/aromatic N) is 1. The van der Waals surface area contributed by atoms with Crippen LogP contribution >= 0.6 is 0 Å². The van der Waals surface area contributed by atoms with Crippen molar-refractivity contribution in [2.24, 2.45) is 0 Å². The van der Waals surface area contributed by atoms with E-state index >= 15 is 0 Å². The average Bonchev–Trinajstić information content (AvgIpc) is 2.50. The molecule has 6 nitrogen and oxygen atoms in total. The minimum atomic E-state index is -0.486. The molecule has 0 aliphatic rings. The van der Waals surface area contributed by atoms with Gasteiger partial charge in [-0.2, -0.15) is 0 Å². The first-order valence-electron chi connectivity index (χ1n) is 6.18. The van der Waals surface area contributed by atoms with E-state index in [0.29, 0.717) is 17.0 Å². The molecule has 1 aromatic rings. The summed E-state index contributed by atoms with van der Waals surface area (Å²) in [5.41, 5.74) is 1.06. The molecular weight excluding hydrogens is 260 g/mol. The molecule has 0 aromatic heterocycles. The van der Waals surface area contributed by atoms with E-state index in [9.17, 15) is 9.59 Å². The van der Waals surface area contributed by atoms with E-state index in [4.69, 9.17) is 9.47 Å². The van der Waals surface area contributed by atoms with Crippen molar-refractivity contribution in [3.05, 3.63) is 23.8 Å². The molecule has 1 aromatic carbocycles. The van der Waals surface area contributed by atoms with Crippen molar-refractivity contribution in [1.29, 1.82) is 0 Å². The summed E-state index contributed by atoms with van der Waals surface area (Å²) in [6.07, 6.45) is 0.726. The van der Waals surface area contributed by atoms with Gasteiger partial charge in [-0.25, -0.2) is 0 Å². The van der Waals surface area contributed by atoms with E-state index < -0.39 is 6.04 Å². The van der Waals surface area contributed by atoms with E-state index in [-0.39, 0.29) is 12.6 Å². The van der Waals surface area contributed by atoms with E-state index in [2.05, 4.69) is 5.32 Å². The Morgan fingerprint density at radius 2 is 2.15 bits per heavy atom. The molecule has 0 saturated carbocycles. The van der Waals surface area contributed by atoms with Crippen molar-refractivity contribution >= 4 is 17.9 Å². The Kier molecular flexibility index (Phi) is 5.99. The summed E-state index contributed by atoms with van der Waals surface area (Å²) < 4.78 is 10.1. The lowest BCUT2D eigenvalue weighted by molar-refractivity contribution is -0.110. The van der Waals surface area contributed by atoms with Crippen molar-refractivity contribution in [1.82, 2.24) is 4.90 Å². The third kappa shape index (κ3) is 3.71. The molecule has 0 spiro atoms. The van der Waals surface area contributed by atoms with Crippen LogP contribution in [-0.2, 0) is 9.53 Å². The second-order valence-electron chi connectivity index (χ2n) is 4.31. The number of hydrogen-bond acceptors (Lipinski definition) is 5. The molecule has 0 heterocycles. The molecule has 1 rings (SSSR count). The molecule has 1 amide bonds. The highest BCUT2D eigenvalue weighted by Crippen LogP contribution is 2.24. The molecule has 0 unspecified atom stereocenters. The molecule has 0 aliphatic carbocycles. The second kappa shape index (κ2) is 7.49. The van der Waals surface area contributed by atoms with E-state index in [1.165, 1.54) is 4.90 Å². The highest BCUT2D eigenvalue weighted by molar-refractivity contribution is 6.00. The lowest BCUT2D eigenvalue weighted by Gasteiger charge is -2.22. The molecule has 0 fully saturated rings. The van der Waals surface area contributed by atoms with Crippen LogP contribution in [0.1, 0.15) is 17.3 Å². The van der Waals surface area contributed by atoms with Gasteiger partial charge < -0.3 is 24.5 Å². The van der Waals surface area contributed by atoms with Crippen LogP contribution in [0.2, 0.25) is 0 Å². The number of carbonyl (C=O) groups excluding carboxylic acids is 2. The molecule has 0 bridgehead atoms. The Balaban J connectivity index is 3.08. The lowest BCUT2D eigenvalue weighted by atomic mass is 10.1. The number of anilines is 1. The molecule has 1 atom stereocenters. The Bertz CT molecular complexity index is 476. The van der Waals surface area contributed by atoms with Gasteiger partial charge >= 0.3 is 0 Å². The normalized spacial score (nSPS) is 11.6. The molecule has 0 saturated heterocycles. The molecule has 20 heavy (non-hydrogen) atoms. The van der Waals surface area contributed by atoms with Gasteiger partial charge in [-0.3, -0.25) is 4.79 Å². The van der Waals surface area contributed by atoms with Gasteiger partial charge in [-0.05, 0) is 19.1 Å². The summed E-state index contributed by atoms with van der Waals surface area (Å²) in [6.45, 7) is 1.93. The van der Waals surface area contributed by atoms with E-state index in [1.54, 1.807) is 46.4 Å². The Labute approximate surface area is 118 Å². The van der Waals surface area contributed by atoms with Crippen LogP contribution < -0.4 is 10.1 Å². The predicted molar refractivity (Wildman–Crippen MR) is 76.1 cm³/mol. The second-order valence-corrected chi connectivity index (χ2v) is 4.31. The number of carbonyl (C=O) groups is 2. The maximum absolute atomic E-state index is 12.4. The first-order valence-corrected chi connectivity index (χ1v) is 6.18. The van der Waals surface area contributed by atoms with Crippen molar-refractivity contribution in [2.75, 3.05) is 33.3 Å². The number of rotatable bonds is 7. The summed E-state index contributed by atoms with van der Waals surface area (Å²) in [5.74, 6) is 0.386. The fourth-order valence-corrected chi connectivity index (χ4v) is 1.60. The fraction of sp³-hybridized carbons (Fsp3) is 0.429. The minimum Gasteiger partial charge on any atom is -0.497 e. The predicted octanol–water partition coefficient (Wildman–Crippen LogP) is 1.37. The van der Waals surface area contributed by atoms with E-state index in [0.717, 1.165) is 6.29 Å². The van der Waals surface area contributed by atoms with Gasteiger partial charge in [-0.15, -0.1) is 0 Å². The van der Waals surface area contributed by atoms with Crippen LogP contribution in [-0.4, -0.2) is 51.1 Å². The number of aldehydes is 1. The first-order chi connectivity index (χ1) is 9.54. The average molecular weight is 280 g/mol. The number of nitrogens with one attached hydrogen (secondary N) is 1. The van der Waals surface area contributed by atoms with Crippen molar-refractivity contribution in [3.63, 3.8) is 0 Å². The van der Waals surface area contributed by atoms with Crippen LogP contribution in [0.5, 0.6) is 5.75 Å². The van der Waals surface area contributed by atoms with Gasteiger partial charge in [0.2, 0.25) is 0 Å². The topological polar surface area (TPSA) is 67.9 Å². The molecule has 6 heteroatoms. The maximum Gasteiger partial charge on any atom is 0.256 e. The number of hydrogen-bond donors (Lipinski definition) is 1. The van der Waals surface area contributed by atoms with Crippen LogP contribution in [0.4, 0.5) is 5.69 Å². The number of likely N-dealkylation sites (N-methyl/N-ethyl adjacent to an activating group) is 1. The summed E-state index contributed by atoms with van der Waals surface area (Å²) >= 11 is 0. The van der Waals surface area contributed by atoms with Gasteiger partial charge in [0, 0.05) is 20.2 Å². The first kappa shape index (κ1) is 16.0. The standard InChI is InChI=1S/C14H20N2O4/c1-10(8-17)16(2)14(18)12-6-5-11(20-4)7-13(12)15-9-19-3/h5-8,10,15H,9H2,1-4H3/t10-/m0/s1. The van der Waals surface area contributed by atoms with Gasteiger partial charge in [-0.1, -0.05) is 0 Å². The van der Waals surface area contributed by atoms with Gasteiger partial charge in [0.1, 0.15) is 18.8 Å². The van der Waals surface area contributed by atoms with E-state index in [1.807, 2.05) is 0 Å². The summed E-state index contributed by atoms with van der Waals surface area (Å²) in [4.78, 5) is 24.5. The van der Waals surface area contributed by atoms with Gasteiger partial charge in [0.15, 0.2) is 0 Å². The van der Waals surface area contributed by atoms with Crippen LogP contribution in [0.15, 0.2) is 18.2 Å². The highest BCUT2D eigenvalue weighted by Gasteiger charge is 2.20. The summed E-state index contributed by atoms with van der Waals surface area (Å²) in [6, 6.07) is 4.59. The minimum absolute atomic E-state index is 0.245. The third-order valence-electron chi connectivity index (χ3n) is 2.99. The van der Waals surface area contributed by atoms with Crippen molar-refractivity contribution in [3.8, 4) is 5.75 Å². The molecular formula is C14H20N2O4. The zero-order chi connectivity index (χ0) is 15.1. The van der Waals surface area contributed by atoms with Gasteiger partial charge in [0.25, 0.3) is 5.91 Å². The SMILES string of the molecule is COCNc1cc(OC)ccc1C(=O)N(C)[C@@H](C)C=O.